The Morgan fingerprint density at radius 1 is 1.35 bits per heavy atom. The molecule has 0 saturated heterocycles. The number of rotatable bonds is 5. The summed E-state index contributed by atoms with van der Waals surface area (Å²) < 4.78 is 10.4. The van der Waals surface area contributed by atoms with Crippen molar-refractivity contribution in [1.82, 2.24) is 4.90 Å². The Bertz CT molecular complexity index is 391. The van der Waals surface area contributed by atoms with E-state index in [1.807, 2.05) is 0 Å². The first kappa shape index (κ1) is 13.3. The van der Waals surface area contributed by atoms with Gasteiger partial charge in [0.05, 0.1) is 17.9 Å². The molecule has 0 aliphatic rings. The number of carbonyl (C=O) groups is 1. The Morgan fingerprint density at radius 3 is 2.65 bits per heavy atom. The van der Waals surface area contributed by atoms with E-state index in [1.54, 1.807) is 39.4 Å². The van der Waals surface area contributed by atoms with E-state index >= 15 is 0 Å². The summed E-state index contributed by atoms with van der Waals surface area (Å²) in [6, 6.07) is 5.13. The van der Waals surface area contributed by atoms with Crippen molar-refractivity contribution in [3.05, 3.63) is 23.8 Å². The van der Waals surface area contributed by atoms with Crippen LogP contribution in [0, 0.1) is 0 Å². The van der Waals surface area contributed by atoms with Gasteiger partial charge < -0.3 is 20.1 Å². The van der Waals surface area contributed by atoms with Crippen molar-refractivity contribution in [2.75, 3.05) is 40.2 Å². The second-order valence-corrected chi connectivity index (χ2v) is 3.76. The lowest BCUT2D eigenvalue weighted by Gasteiger charge is -2.16. The zero-order chi connectivity index (χ0) is 12.8. The summed E-state index contributed by atoms with van der Waals surface area (Å²) in [5.41, 5.74) is 6.72. The van der Waals surface area contributed by atoms with Crippen molar-refractivity contribution in [2.45, 2.75) is 0 Å². The first-order valence-electron chi connectivity index (χ1n) is 5.29. The number of hydrogen-bond acceptors (Lipinski definition) is 4. The number of anilines is 1. The fourth-order valence-corrected chi connectivity index (χ4v) is 1.35. The number of hydrogen-bond donors (Lipinski definition) is 1. The molecule has 0 aliphatic carbocycles. The van der Waals surface area contributed by atoms with E-state index in [0.717, 1.165) is 0 Å². The van der Waals surface area contributed by atoms with E-state index in [1.165, 1.54) is 4.90 Å². The van der Waals surface area contributed by atoms with Gasteiger partial charge in [0.25, 0.3) is 5.91 Å². The zero-order valence-electron chi connectivity index (χ0n) is 10.4. The molecule has 17 heavy (non-hydrogen) atoms. The van der Waals surface area contributed by atoms with Crippen molar-refractivity contribution in [3.63, 3.8) is 0 Å². The lowest BCUT2D eigenvalue weighted by atomic mass is 10.1. The monoisotopic (exact) mass is 238 g/mol. The number of benzene rings is 1. The van der Waals surface area contributed by atoms with Crippen molar-refractivity contribution < 1.29 is 14.3 Å². The number of amides is 1. The van der Waals surface area contributed by atoms with Crippen molar-refractivity contribution in [2.24, 2.45) is 0 Å². The molecule has 0 radical (unpaired) electrons. The van der Waals surface area contributed by atoms with E-state index in [4.69, 9.17) is 15.2 Å². The molecule has 1 rings (SSSR count). The minimum absolute atomic E-state index is 0.135. The predicted octanol–water partition coefficient (Wildman–Crippen LogP) is 0.996. The van der Waals surface area contributed by atoms with Gasteiger partial charge in [0.2, 0.25) is 0 Å². The van der Waals surface area contributed by atoms with Gasteiger partial charge in [-0.1, -0.05) is 6.07 Å². The third-order valence-electron chi connectivity index (χ3n) is 2.22. The van der Waals surface area contributed by atoms with E-state index in [9.17, 15) is 4.79 Å². The fourth-order valence-electron chi connectivity index (χ4n) is 1.35. The van der Waals surface area contributed by atoms with Gasteiger partial charge in [-0.05, 0) is 12.1 Å². The Hall–Kier alpha value is -1.75. The third kappa shape index (κ3) is 3.35. The molecular weight excluding hydrogens is 220 g/mol. The lowest BCUT2D eigenvalue weighted by Crippen LogP contribution is -2.23. The van der Waals surface area contributed by atoms with E-state index in [0.29, 0.717) is 30.2 Å². The summed E-state index contributed by atoms with van der Waals surface area (Å²) in [5.74, 6) is 0.285. The van der Waals surface area contributed by atoms with Crippen LogP contribution in [0.2, 0.25) is 0 Å². The normalized spacial score (nSPS) is 10.1. The molecular formula is C12H18N2O3. The highest BCUT2D eigenvalue weighted by Crippen LogP contribution is 2.27. The molecule has 0 bridgehead atoms. The van der Waals surface area contributed by atoms with Crippen LogP contribution in [0.1, 0.15) is 10.4 Å². The van der Waals surface area contributed by atoms with E-state index < -0.39 is 0 Å². The summed E-state index contributed by atoms with van der Waals surface area (Å²) >= 11 is 0. The second kappa shape index (κ2) is 6.10. The number of carbonyl (C=O) groups excluding carboxylic acids is 1. The smallest absolute Gasteiger partial charge is 0.257 e. The minimum Gasteiger partial charge on any atom is -0.488 e. The van der Waals surface area contributed by atoms with Crippen molar-refractivity contribution in [3.8, 4) is 5.75 Å². The second-order valence-electron chi connectivity index (χ2n) is 3.76. The van der Waals surface area contributed by atoms with Crippen LogP contribution >= 0.6 is 0 Å². The number of nitrogens with zero attached hydrogens (tertiary/aromatic N) is 1. The maximum atomic E-state index is 11.9. The van der Waals surface area contributed by atoms with Gasteiger partial charge in [-0.15, -0.1) is 0 Å². The molecule has 0 aromatic heterocycles. The molecule has 2 N–H and O–H groups in total. The number of ether oxygens (including phenoxy) is 2. The van der Waals surface area contributed by atoms with Gasteiger partial charge in [0, 0.05) is 21.2 Å². The van der Waals surface area contributed by atoms with Gasteiger partial charge in [-0.2, -0.15) is 0 Å². The first-order chi connectivity index (χ1) is 8.07. The maximum absolute atomic E-state index is 11.9. The molecule has 0 spiro atoms. The highest BCUT2D eigenvalue weighted by molar-refractivity contribution is 5.98. The van der Waals surface area contributed by atoms with Crippen LogP contribution in [0.25, 0.3) is 0 Å². The lowest BCUT2D eigenvalue weighted by molar-refractivity contribution is 0.0820. The largest absolute Gasteiger partial charge is 0.488 e. The summed E-state index contributed by atoms with van der Waals surface area (Å²) in [7, 11) is 4.96. The highest BCUT2D eigenvalue weighted by atomic mass is 16.5. The number of methoxy groups -OCH3 is 1. The third-order valence-corrected chi connectivity index (χ3v) is 2.22. The van der Waals surface area contributed by atoms with Crippen molar-refractivity contribution >= 4 is 11.6 Å². The Kier molecular flexibility index (Phi) is 4.78. The molecule has 0 unspecified atom stereocenters. The average molecular weight is 238 g/mol. The van der Waals surface area contributed by atoms with Gasteiger partial charge in [0.15, 0.2) is 5.75 Å². The molecule has 0 saturated carbocycles. The predicted molar refractivity (Wildman–Crippen MR) is 66.2 cm³/mol. The van der Waals surface area contributed by atoms with Gasteiger partial charge in [0.1, 0.15) is 6.61 Å². The summed E-state index contributed by atoms with van der Waals surface area (Å²) in [5, 5.41) is 0. The zero-order valence-corrected chi connectivity index (χ0v) is 10.4. The highest BCUT2D eigenvalue weighted by Gasteiger charge is 2.16. The maximum Gasteiger partial charge on any atom is 0.257 e. The minimum atomic E-state index is -0.135. The molecule has 5 heteroatoms. The van der Waals surface area contributed by atoms with Gasteiger partial charge in [-0.25, -0.2) is 0 Å². The number of nitrogens with two attached hydrogens (primary N) is 1. The Labute approximate surface area is 101 Å². The standard InChI is InChI=1S/C12H18N2O3/c1-14(2)12(15)9-5-4-6-10(13)11(9)17-8-7-16-3/h4-6H,7-8,13H2,1-3H3. The number of para-hydroxylation sites is 1. The Balaban J connectivity index is 2.96. The van der Waals surface area contributed by atoms with Gasteiger partial charge in [-0.3, -0.25) is 4.79 Å². The van der Waals surface area contributed by atoms with Crippen LogP contribution in [0.5, 0.6) is 5.75 Å². The summed E-state index contributed by atoms with van der Waals surface area (Å²) in [4.78, 5) is 13.4. The topological polar surface area (TPSA) is 64.8 Å². The molecule has 1 aromatic carbocycles. The number of nitrogen functional groups attached to an aromatic ring is 1. The molecule has 0 heterocycles. The average Bonchev–Trinajstić information content (AvgIpc) is 2.30. The van der Waals surface area contributed by atoms with Crippen LogP contribution < -0.4 is 10.5 Å². The van der Waals surface area contributed by atoms with Crippen molar-refractivity contribution in [1.29, 1.82) is 0 Å². The molecule has 1 aromatic rings. The van der Waals surface area contributed by atoms with Gasteiger partial charge >= 0.3 is 0 Å². The molecule has 0 atom stereocenters. The van der Waals surface area contributed by atoms with Crippen LogP contribution in [-0.2, 0) is 4.74 Å². The summed E-state index contributed by atoms with van der Waals surface area (Å²) in [6.07, 6.45) is 0. The molecule has 5 nitrogen and oxygen atoms in total. The Morgan fingerprint density at radius 2 is 2.06 bits per heavy atom. The quantitative estimate of drug-likeness (QED) is 0.614. The van der Waals surface area contributed by atoms with E-state index in [2.05, 4.69) is 0 Å². The van der Waals surface area contributed by atoms with Crippen LogP contribution in [0.4, 0.5) is 5.69 Å². The SMILES string of the molecule is COCCOc1c(N)cccc1C(=O)N(C)C. The molecule has 0 fully saturated rings. The summed E-state index contributed by atoms with van der Waals surface area (Å²) in [6.45, 7) is 0.808. The van der Waals surface area contributed by atoms with Crippen LogP contribution in [0.15, 0.2) is 18.2 Å². The van der Waals surface area contributed by atoms with Crippen LogP contribution in [-0.4, -0.2) is 45.2 Å². The molecule has 1 amide bonds. The first-order valence-corrected chi connectivity index (χ1v) is 5.29. The fraction of sp³-hybridized carbons (Fsp3) is 0.417. The molecule has 94 valence electrons. The van der Waals surface area contributed by atoms with Crippen LogP contribution in [0.3, 0.4) is 0 Å². The van der Waals surface area contributed by atoms with E-state index in [-0.39, 0.29) is 5.91 Å². The molecule has 0 aliphatic heterocycles.